The Bertz CT molecular complexity index is 533. The highest BCUT2D eigenvalue weighted by atomic mass is 19.1. The first kappa shape index (κ1) is 14.6. The van der Waals surface area contributed by atoms with Crippen molar-refractivity contribution in [2.24, 2.45) is 0 Å². The van der Waals surface area contributed by atoms with Gasteiger partial charge in [-0.05, 0) is 42.2 Å². The minimum Gasteiger partial charge on any atom is -0.378 e. The second-order valence-corrected chi connectivity index (χ2v) is 5.06. The number of halogens is 1. The Morgan fingerprint density at radius 2 is 1.70 bits per heavy atom. The van der Waals surface area contributed by atoms with Gasteiger partial charge in [-0.3, -0.25) is 0 Å². The molecule has 0 aliphatic rings. The molecule has 1 unspecified atom stereocenters. The predicted octanol–water partition coefficient (Wildman–Crippen LogP) is 5.34. The van der Waals surface area contributed by atoms with Gasteiger partial charge in [0.05, 0.1) is 6.04 Å². The number of benzene rings is 2. The minimum absolute atomic E-state index is 0.185. The summed E-state index contributed by atoms with van der Waals surface area (Å²) in [5, 5.41) is 3.60. The van der Waals surface area contributed by atoms with Crippen LogP contribution in [0, 0.1) is 5.82 Å². The van der Waals surface area contributed by atoms with Crippen LogP contribution in [0.2, 0.25) is 0 Å². The maximum atomic E-state index is 13.0. The molecular formula is C18H22FN. The molecule has 20 heavy (non-hydrogen) atoms. The van der Waals surface area contributed by atoms with E-state index in [1.54, 1.807) is 0 Å². The quantitative estimate of drug-likeness (QED) is 0.747. The highest BCUT2D eigenvalue weighted by molar-refractivity contribution is 5.52. The van der Waals surface area contributed by atoms with E-state index in [9.17, 15) is 4.39 Å². The van der Waals surface area contributed by atoms with Crippen molar-refractivity contribution in [1.82, 2.24) is 0 Å². The lowest BCUT2D eigenvalue weighted by molar-refractivity contribution is 0.625. The first-order chi connectivity index (χ1) is 9.74. The Labute approximate surface area is 120 Å². The Morgan fingerprint density at radius 3 is 2.35 bits per heavy atom. The molecule has 0 saturated carbocycles. The molecule has 0 saturated heterocycles. The van der Waals surface area contributed by atoms with Gasteiger partial charge in [0, 0.05) is 5.69 Å². The fourth-order valence-electron chi connectivity index (χ4n) is 2.45. The molecule has 0 aliphatic heterocycles. The van der Waals surface area contributed by atoms with Crippen molar-refractivity contribution in [2.45, 2.75) is 39.2 Å². The molecule has 0 aliphatic carbocycles. The maximum absolute atomic E-state index is 13.0. The van der Waals surface area contributed by atoms with Crippen molar-refractivity contribution in [3.8, 4) is 0 Å². The lowest BCUT2D eigenvalue weighted by Gasteiger charge is -2.21. The molecule has 0 heterocycles. The summed E-state index contributed by atoms with van der Waals surface area (Å²) in [5.74, 6) is -0.185. The highest BCUT2D eigenvalue weighted by Gasteiger charge is 2.11. The zero-order chi connectivity index (χ0) is 14.4. The molecule has 0 spiro atoms. The van der Waals surface area contributed by atoms with E-state index in [-0.39, 0.29) is 11.9 Å². The third-order valence-corrected chi connectivity index (χ3v) is 3.55. The van der Waals surface area contributed by atoms with Crippen LogP contribution in [0.4, 0.5) is 10.1 Å². The number of anilines is 1. The average Bonchev–Trinajstić information content (AvgIpc) is 2.48. The normalized spacial score (nSPS) is 12.2. The molecule has 106 valence electrons. The van der Waals surface area contributed by atoms with Gasteiger partial charge in [0.25, 0.3) is 0 Å². The molecule has 2 heteroatoms. The largest absolute Gasteiger partial charge is 0.378 e. The van der Waals surface area contributed by atoms with Gasteiger partial charge < -0.3 is 5.32 Å². The van der Waals surface area contributed by atoms with Gasteiger partial charge in [-0.15, -0.1) is 0 Å². The fourth-order valence-corrected chi connectivity index (χ4v) is 2.45. The molecular weight excluding hydrogens is 249 g/mol. The molecule has 1 atom stereocenters. The van der Waals surface area contributed by atoms with Gasteiger partial charge in [0.1, 0.15) is 5.82 Å². The third kappa shape index (κ3) is 3.60. The molecule has 1 N–H and O–H groups in total. The number of rotatable bonds is 6. The van der Waals surface area contributed by atoms with Crippen molar-refractivity contribution in [3.05, 3.63) is 65.5 Å². The zero-order valence-electron chi connectivity index (χ0n) is 12.2. The minimum atomic E-state index is -0.185. The van der Waals surface area contributed by atoms with Crippen molar-refractivity contribution in [1.29, 1.82) is 0 Å². The highest BCUT2D eigenvalue weighted by Crippen LogP contribution is 2.25. The van der Waals surface area contributed by atoms with Crippen LogP contribution in [0.15, 0.2) is 48.5 Å². The summed E-state index contributed by atoms with van der Waals surface area (Å²) in [5.41, 5.74) is 3.65. The van der Waals surface area contributed by atoms with E-state index in [4.69, 9.17) is 0 Å². The van der Waals surface area contributed by atoms with Crippen LogP contribution >= 0.6 is 0 Å². The van der Waals surface area contributed by atoms with Crippen molar-refractivity contribution in [2.75, 3.05) is 5.32 Å². The lowest BCUT2D eigenvalue weighted by Crippen LogP contribution is -2.11. The number of aryl methyl sites for hydroxylation is 1. The SMILES string of the molecule is CCCc1ccccc1NC(CC)c1ccc(F)cc1. The van der Waals surface area contributed by atoms with Crippen LogP contribution in [0.25, 0.3) is 0 Å². The monoisotopic (exact) mass is 271 g/mol. The molecule has 2 rings (SSSR count). The Morgan fingerprint density at radius 1 is 1.00 bits per heavy atom. The Kier molecular flexibility index (Phi) is 5.16. The number of hydrogen-bond donors (Lipinski definition) is 1. The first-order valence-electron chi connectivity index (χ1n) is 7.34. The van der Waals surface area contributed by atoms with E-state index in [1.807, 2.05) is 12.1 Å². The van der Waals surface area contributed by atoms with Crippen LogP contribution in [0.1, 0.15) is 43.9 Å². The smallest absolute Gasteiger partial charge is 0.123 e. The van der Waals surface area contributed by atoms with Gasteiger partial charge in [-0.25, -0.2) is 4.39 Å². The molecule has 2 aromatic carbocycles. The molecule has 0 aromatic heterocycles. The molecule has 0 radical (unpaired) electrons. The molecule has 1 nitrogen and oxygen atoms in total. The van der Waals surface area contributed by atoms with Crippen LogP contribution in [-0.2, 0) is 6.42 Å². The lowest BCUT2D eigenvalue weighted by atomic mass is 10.0. The summed E-state index contributed by atoms with van der Waals surface area (Å²) >= 11 is 0. The summed E-state index contributed by atoms with van der Waals surface area (Å²) in [4.78, 5) is 0. The second kappa shape index (κ2) is 7.09. The number of para-hydroxylation sites is 1. The topological polar surface area (TPSA) is 12.0 Å². The van der Waals surface area contributed by atoms with Gasteiger partial charge in [0.2, 0.25) is 0 Å². The first-order valence-corrected chi connectivity index (χ1v) is 7.34. The van der Waals surface area contributed by atoms with E-state index in [0.29, 0.717) is 0 Å². The molecule has 0 fully saturated rings. The summed E-state index contributed by atoms with van der Waals surface area (Å²) in [6, 6.07) is 15.4. The molecule has 0 amide bonds. The Hall–Kier alpha value is -1.83. The standard InChI is InChI=1S/C18H22FN/c1-3-7-14-8-5-6-9-18(14)20-17(4-2)15-10-12-16(19)13-11-15/h5-6,8-13,17,20H,3-4,7H2,1-2H3. The fraction of sp³-hybridized carbons (Fsp3) is 0.333. The van der Waals surface area contributed by atoms with E-state index in [1.165, 1.54) is 23.4 Å². The van der Waals surface area contributed by atoms with E-state index < -0.39 is 0 Å². The van der Waals surface area contributed by atoms with Gasteiger partial charge in [-0.2, -0.15) is 0 Å². The van der Waals surface area contributed by atoms with Crippen LogP contribution in [-0.4, -0.2) is 0 Å². The van der Waals surface area contributed by atoms with E-state index >= 15 is 0 Å². The summed E-state index contributed by atoms with van der Waals surface area (Å²) in [7, 11) is 0. The van der Waals surface area contributed by atoms with Crippen LogP contribution < -0.4 is 5.32 Å². The summed E-state index contributed by atoms with van der Waals surface area (Å²) in [6.07, 6.45) is 3.17. The van der Waals surface area contributed by atoms with E-state index in [0.717, 1.165) is 24.8 Å². The summed E-state index contributed by atoms with van der Waals surface area (Å²) in [6.45, 7) is 4.33. The van der Waals surface area contributed by atoms with E-state index in [2.05, 4.69) is 43.4 Å². The summed E-state index contributed by atoms with van der Waals surface area (Å²) < 4.78 is 13.0. The predicted molar refractivity (Wildman–Crippen MR) is 83.5 cm³/mol. The average molecular weight is 271 g/mol. The third-order valence-electron chi connectivity index (χ3n) is 3.55. The van der Waals surface area contributed by atoms with Crippen molar-refractivity contribution < 1.29 is 4.39 Å². The second-order valence-electron chi connectivity index (χ2n) is 5.06. The van der Waals surface area contributed by atoms with Gasteiger partial charge in [-0.1, -0.05) is 50.6 Å². The van der Waals surface area contributed by atoms with Gasteiger partial charge in [0.15, 0.2) is 0 Å². The van der Waals surface area contributed by atoms with Gasteiger partial charge >= 0.3 is 0 Å². The molecule has 2 aromatic rings. The van der Waals surface area contributed by atoms with Crippen LogP contribution in [0.3, 0.4) is 0 Å². The van der Waals surface area contributed by atoms with Crippen molar-refractivity contribution in [3.63, 3.8) is 0 Å². The van der Waals surface area contributed by atoms with Crippen molar-refractivity contribution >= 4 is 5.69 Å². The zero-order valence-corrected chi connectivity index (χ0v) is 12.2. The molecule has 0 bridgehead atoms. The maximum Gasteiger partial charge on any atom is 0.123 e. The number of hydrogen-bond acceptors (Lipinski definition) is 1. The van der Waals surface area contributed by atoms with Crippen LogP contribution in [0.5, 0.6) is 0 Å². The Balaban J connectivity index is 2.20. The number of nitrogens with one attached hydrogen (secondary N) is 1.